The Morgan fingerprint density at radius 1 is 0.688 bits per heavy atom. The van der Waals surface area contributed by atoms with E-state index in [-0.39, 0.29) is 11.8 Å². The van der Waals surface area contributed by atoms with Crippen molar-refractivity contribution in [2.45, 2.75) is 18.3 Å². The minimum atomic E-state index is -0.359. The monoisotopic (exact) mass is 624 g/mol. The van der Waals surface area contributed by atoms with Crippen molar-refractivity contribution >= 4 is 23.1 Å². The summed E-state index contributed by atoms with van der Waals surface area (Å²) in [6.45, 7) is 9.17. The van der Waals surface area contributed by atoms with Crippen molar-refractivity contribution in [1.29, 1.82) is 10.5 Å². The SMILES string of the molecule is C=C(C#N)C1C(=Cc2ccc(-c3ccc(N(c4ccccc4)c4ccccc4)cc3)cc2OCCCN)C(C(=C)C#N)c2ccccc21. The minimum absolute atomic E-state index is 0.359. The number of hydrogen-bond acceptors (Lipinski definition) is 5. The van der Waals surface area contributed by atoms with E-state index in [4.69, 9.17) is 10.5 Å². The second-order valence-corrected chi connectivity index (χ2v) is 11.7. The molecule has 1 aliphatic carbocycles. The van der Waals surface area contributed by atoms with Crippen LogP contribution in [0.15, 0.2) is 157 Å². The lowest BCUT2D eigenvalue weighted by atomic mass is 9.84. The van der Waals surface area contributed by atoms with Gasteiger partial charge in [-0.15, -0.1) is 0 Å². The molecule has 1 aliphatic rings. The summed E-state index contributed by atoms with van der Waals surface area (Å²) < 4.78 is 6.34. The number of hydrogen-bond donors (Lipinski definition) is 1. The fourth-order valence-corrected chi connectivity index (χ4v) is 6.44. The van der Waals surface area contributed by atoms with E-state index in [1.165, 1.54) is 0 Å². The molecule has 5 aromatic rings. The summed E-state index contributed by atoms with van der Waals surface area (Å²) in [5, 5.41) is 19.9. The quantitative estimate of drug-likeness (QED) is 0.117. The summed E-state index contributed by atoms with van der Waals surface area (Å²) in [5.74, 6) is -0.0171. The summed E-state index contributed by atoms with van der Waals surface area (Å²) in [5.41, 5.74) is 15.6. The molecule has 0 aromatic heterocycles. The third-order valence-corrected chi connectivity index (χ3v) is 8.70. The number of nitriles is 2. The first-order valence-electron chi connectivity index (χ1n) is 16.0. The number of rotatable bonds is 11. The van der Waals surface area contributed by atoms with Gasteiger partial charge in [-0.3, -0.25) is 0 Å². The predicted molar refractivity (Wildman–Crippen MR) is 195 cm³/mol. The largest absolute Gasteiger partial charge is 0.493 e. The van der Waals surface area contributed by atoms with Crippen molar-refractivity contribution in [1.82, 2.24) is 0 Å². The van der Waals surface area contributed by atoms with Crippen molar-refractivity contribution in [2.75, 3.05) is 18.1 Å². The summed E-state index contributed by atoms with van der Waals surface area (Å²) in [6, 6.07) is 47.8. The Bertz CT molecular complexity index is 1960. The molecular weight excluding hydrogens is 589 g/mol. The lowest BCUT2D eigenvalue weighted by molar-refractivity contribution is 0.313. The third-order valence-electron chi connectivity index (χ3n) is 8.70. The van der Waals surface area contributed by atoms with Crippen LogP contribution in [-0.4, -0.2) is 13.2 Å². The first kappa shape index (κ1) is 31.8. The maximum atomic E-state index is 9.93. The van der Waals surface area contributed by atoms with Crippen molar-refractivity contribution in [3.63, 3.8) is 0 Å². The first-order chi connectivity index (χ1) is 23.5. The Balaban J connectivity index is 1.40. The second kappa shape index (κ2) is 14.5. The van der Waals surface area contributed by atoms with Crippen LogP contribution in [0.25, 0.3) is 17.2 Å². The number of benzene rings is 5. The van der Waals surface area contributed by atoms with Crippen LogP contribution in [-0.2, 0) is 0 Å². The van der Waals surface area contributed by atoms with Crippen LogP contribution in [0.1, 0.15) is 34.9 Å². The molecule has 0 radical (unpaired) electrons. The zero-order valence-electron chi connectivity index (χ0n) is 26.7. The number of nitrogens with zero attached hydrogens (tertiary/aromatic N) is 3. The molecule has 0 saturated carbocycles. The van der Waals surface area contributed by atoms with E-state index in [1.54, 1.807) is 0 Å². The Labute approximate surface area is 282 Å². The number of para-hydroxylation sites is 2. The molecule has 0 fully saturated rings. The normalized spacial score (nSPS) is 14.7. The van der Waals surface area contributed by atoms with E-state index in [1.807, 2.05) is 72.8 Å². The third kappa shape index (κ3) is 6.42. The molecule has 5 heteroatoms. The van der Waals surface area contributed by atoms with Crippen molar-refractivity contribution in [2.24, 2.45) is 5.73 Å². The van der Waals surface area contributed by atoms with Gasteiger partial charge in [0.15, 0.2) is 0 Å². The Morgan fingerprint density at radius 3 is 1.71 bits per heavy atom. The van der Waals surface area contributed by atoms with Crippen molar-refractivity contribution in [3.8, 4) is 29.0 Å². The molecule has 2 atom stereocenters. The van der Waals surface area contributed by atoms with E-state index < -0.39 is 0 Å². The number of nitrogens with two attached hydrogens (primary N) is 1. The van der Waals surface area contributed by atoms with Gasteiger partial charge in [-0.2, -0.15) is 10.5 Å². The Morgan fingerprint density at radius 2 is 1.19 bits per heavy atom. The summed E-state index contributed by atoms with van der Waals surface area (Å²) in [6.07, 6.45) is 2.75. The minimum Gasteiger partial charge on any atom is -0.493 e. The molecule has 2 unspecified atom stereocenters. The maximum absolute atomic E-state index is 9.93. The van der Waals surface area contributed by atoms with E-state index in [9.17, 15) is 10.5 Å². The number of ether oxygens (including phenoxy) is 1. The standard InChI is InChI=1S/C43H36N4O/c1-30(28-45)42-38-16-9-10-17-39(38)43(31(2)29-46)40(42)26-34-19-18-33(27-41(34)48-25-11-24-44)32-20-22-37(23-21-32)47(35-12-5-3-6-13-35)36-14-7-4-8-15-36/h3-10,12-23,26-27,42-43H,1-2,11,24-25,44H2. The highest BCUT2D eigenvalue weighted by Crippen LogP contribution is 2.52. The molecule has 0 saturated heterocycles. The van der Waals surface area contributed by atoms with E-state index in [0.29, 0.717) is 36.5 Å². The van der Waals surface area contributed by atoms with Crippen LogP contribution in [0.5, 0.6) is 5.75 Å². The summed E-state index contributed by atoms with van der Waals surface area (Å²) in [4.78, 5) is 2.23. The Kier molecular flexibility index (Phi) is 9.63. The number of fused-ring (bicyclic) bond motifs is 1. The van der Waals surface area contributed by atoms with Gasteiger partial charge in [0.05, 0.1) is 18.7 Å². The molecular formula is C43H36N4O. The summed E-state index contributed by atoms with van der Waals surface area (Å²) >= 11 is 0. The molecule has 0 aliphatic heterocycles. The number of allylic oxidation sites excluding steroid dienone is 3. The highest BCUT2D eigenvalue weighted by molar-refractivity contribution is 5.79. The van der Waals surface area contributed by atoms with Gasteiger partial charge in [-0.1, -0.05) is 104 Å². The highest BCUT2D eigenvalue weighted by atomic mass is 16.5. The molecule has 6 rings (SSSR count). The van der Waals surface area contributed by atoms with Crippen LogP contribution >= 0.6 is 0 Å². The van der Waals surface area contributed by atoms with Crippen LogP contribution in [0.2, 0.25) is 0 Å². The van der Waals surface area contributed by atoms with Gasteiger partial charge in [0, 0.05) is 45.6 Å². The molecule has 0 heterocycles. The highest BCUT2D eigenvalue weighted by Gasteiger charge is 2.38. The van der Waals surface area contributed by atoms with Gasteiger partial charge in [0.2, 0.25) is 0 Å². The van der Waals surface area contributed by atoms with Crippen LogP contribution in [0, 0.1) is 22.7 Å². The molecule has 2 N–H and O–H groups in total. The molecule has 0 amide bonds. The van der Waals surface area contributed by atoms with E-state index >= 15 is 0 Å². The number of anilines is 3. The second-order valence-electron chi connectivity index (χ2n) is 11.7. The van der Waals surface area contributed by atoms with Crippen LogP contribution in [0.3, 0.4) is 0 Å². The molecule has 0 spiro atoms. The van der Waals surface area contributed by atoms with Gasteiger partial charge >= 0.3 is 0 Å². The molecule has 234 valence electrons. The maximum Gasteiger partial charge on any atom is 0.127 e. The van der Waals surface area contributed by atoms with Crippen LogP contribution < -0.4 is 15.4 Å². The van der Waals surface area contributed by atoms with Gasteiger partial charge in [0.1, 0.15) is 5.75 Å². The fourth-order valence-electron chi connectivity index (χ4n) is 6.44. The van der Waals surface area contributed by atoms with Crippen LogP contribution in [0.4, 0.5) is 17.1 Å². The average Bonchev–Trinajstić information content (AvgIpc) is 3.46. The topological polar surface area (TPSA) is 86.1 Å². The smallest absolute Gasteiger partial charge is 0.127 e. The van der Waals surface area contributed by atoms with E-state index in [2.05, 4.69) is 90.9 Å². The zero-order chi connectivity index (χ0) is 33.5. The lowest BCUT2D eigenvalue weighted by Crippen LogP contribution is -2.09. The molecule has 0 bridgehead atoms. The first-order valence-corrected chi connectivity index (χ1v) is 16.0. The fraction of sp³-hybridized carbons (Fsp3) is 0.116. The van der Waals surface area contributed by atoms with E-state index in [0.717, 1.165) is 50.5 Å². The van der Waals surface area contributed by atoms with Gasteiger partial charge in [-0.25, -0.2) is 0 Å². The average molecular weight is 625 g/mol. The van der Waals surface area contributed by atoms with Gasteiger partial charge < -0.3 is 15.4 Å². The lowest BCUT2D eigenvalue weighted by Gasteiger charge is -2.25. The van der Waals surface area contributed by atoms with Crippen molar-refractivity contribution in [3.05, 3.63) is 174 Å². The zero-order valence-corrected chi connectivity index (χ0v) is 26.7. The Hall–Kier alpha value is -6.14. The van der Waals surface area contributed by atoms with Gasteiger partial charge in [-0.05, 0) is 83.3 Å². The summed E-state index contributed by atoms with van der Waals surface area (Å²) in [7, 11) is 0. The van der Waals surface area contributed by atoms with Gasteiger partial charge in [0.25, 0.3) is 0 Å². The van der Waals surface area contributed by atoms with Crippen molar-refractivity contribution < 1.29 is 4.74 Å². The molecule has 5 nitrogen and oxygen atoms in total. The molecule has 5 aromatic carbocycles. The molecule has 48 heavy (non-hydrogen) atoms. The predicted octanol–water partition coefficient (Wildman–Crippen LogP) is 9.97.